The molecule has 0 radical (unpaired) electrons. The zero-order chi connectivity index (χ0) is 18.9. The van der Waals surface area contributed by atoms with Gasteiger partial charge in [-0.1, -0.05) is 30.3 Å². The highest BCUT2D eigenvalue weighted by atomic mass is 16.5. The van der Waals surface area contributed by atoms with Crippen LogP contribution in [0.3, 0.4) is 0 Å². The normalized spacial score (nSPS) is 10.5. The number of imidazole rings is 1. The Morgan fingerprint density at radius 2 is 1.89 bits per heavy atom. The zero-order valence-electron chi connectivity index (χ0n) is 15.0. The molecule has 0 atom stereocenters. The third-order valence-electron chi connectivity index (χ3n) is 4.13. The molecule has 6 nitrogen and oxygen atoms in total. The van der Waals surface area contributed by atoms with Gasteiger partial charge >= 0.3 is 5.97 Å². The summed E-state index contributed by atoms with van der Waals surface area (Å²) >= 11 is 0. The summed E-state index contributed by atoms with van der Waals surface area (Å²) in [5, 5.41) is 9.19. The number of carboxylic acid groups (broad SMARTS) is 1. The lowest BCUT2D eigenvalue weighted by Crippen LogP contribution is -2.29. The van der Waals surface area contributed by atoms with Crippen LogP contribution in [0.25, 0.3) is 0 Å². The molecule has 0 aliphatic rings. The number of aromatic amines is 1. The standard InChI is InChI=1S/C21H23N3O3/c25-21(26)16-24(18-5-2-1-3-6-18)15-17-8-10-19(11-9-17)27-14-4-7-20-22-12-13-23-20/h1-3,5-6,8-13H,4,7,14-16H2,(H,22,23)(H,25,26). The summed E-state index contributed by atoms with van der Waals surface area (Å²) in [6, 6.07) is 17.4. The highest BCUT2D eigenvalue weighted by Gasteiger charge is 2.11. The molecule has 0 spiro atoms. The predicted molar refractivity (Wildman–Crippen MR) is 104 cm³/mol. The number of aryl methyl sites for hydroxylation is 1. The molecule has 0 fully saturated rings. The highest BCUT2D eigenvalue weighted by Crippen LogP contribution is 2.19. The second-order valence-electron chi connectivity index (χ2n) is 6.22. The Morgan fingerprint density at radius 1 is 1.11 bits per heavy atom. The lowest BCUT2D eigenvalue weighted by Gasteiger charge is -2.23. The maximum absolute atomic E-state index is 11.2. The quantitative estimate of drug-likeness (QED) is 0.538. The van der Waals surface area contributed by atoms with E-state index in [1.165, 1.54) is 0 Å². The van der Waals surface area contributed by atoms with Gasteiger partial charge in [0.1, 0.15) is 18.1 Å². The van der Waals surface area contributed by atoms with Crippen molar-refractivity contribution < 1.29 is 14.6 Å². The Hall–Kier alpha value is -3.28. The maximum Gasteiger partial charge on any atom is 0.323 e. The molecule has 1 heterocycles. The first kappa shape index (κ1) is 18.5. The first-order chi connectivity index (χ1) is 13.2. The van der Waals surface area contributed by atoms with Crippen molar-refractivity contribution in [3.05, 3.63) is 78.4 Å². The summed E-state index contributed by atoms with van der Waals surface area (Å²) in [4.78, 5) is 20.3. The fourth-order valence-electron chi connectivity index (χ4n) is 2.82. The first-order valence-electron chi connectivity index (χ1n) is 8.92. The average molecular weight is 365 g/mol. The first-order valence-corrected chi connectivity index (χ1v) is 8.92. The van der Waals surface area contributed by atoms with Gasteiger partial charge in [-0.15, -0.1) is 0 Å². The molecule has 1 aromatic heterocycles. The second-order valence-corrected chi connectivity index (χ2v) is 6.22. The number of hydrogen-bond donors (Lipinski definition) is 2. The van der Waals surface area contributed by atoms with Gasteiger partial charge in [-0.3, -0.25) is 4.79 Å². The Bertz CT molecular complexity index is 818. The van der Waals surface area contributed by atoms with Crippen LogP contribution in [-0.4, -0.2) is 34.2 Å². The molecule has 0 unspecified atom stereocenters. The van der Waals surface area contributed by atoms with Crippen LogP contribution in [0.15, 0.2) is 67.0 Å². The maximum atomic E-state index is 11.2. The molecule has 3 aromatic rings. The molecule has 0 saturated heterocycles. The van der Waals surface area contributed by atoms with Crippen molar-refractivity contribution in [3.8, 4) is 5.75 Å². The Kier molecular flexibility index (Phi) is 6.46. The molecule has 6 heteroatoms. The van der Waals surface area contributed by atoms with E-state index in [1.807, 2.05) is 65.7 Å². The lowest BCUT2D eigenvalue weighted by atomic mass is 10.2. The van der Waals surface area contributed by atoms with Gasteiger partial charge in [-0.2, -0.15) is 0 Å². The third-order valence-corrected chi connectivity index (χ3v) is 4.13. The fraction of sp³-hybridized carbons (Fsp3) is 0.238. The summed E-state index contributed by atoms with van der Waals surface area (Å²) in [7, 11) is 0. The molecular formula is C21H23N3O3. The van der Waals surface area contributed by atoms with Crippen molar-refractivity contribution in [1.29, 1.82) is 0 Å². The molecule has 0 aliphatic heterocycles. The Morgan fingerprint density at radius 3 is 2.56 bits per heavy atom. The van der Waals surface area contributed by atoms with Crippen LogP contribution in [0, 0.1) is 0 Å². The molecule has 0 amide bonds. The molecule has 2 N–H and O–H groups in total. The van der Waals surface area contributed by atoms with Crippen LogP contribution >= 0.6 is 0 Å². The van der Waals surface area contributed by atoms with Crippen LogP contribution in [0.4, 0.5) is 5.69 Å². The lowest BCUT2D eigenvalue weighted by molar-refractivity contribution is -0.135. The van der Waals surface area contributed by atoms with Crippen LogP contribution in [0.1, 0.15) is 17.8 Å². The van der Waals surface area contributed by atoms with Gasteiger partial charge in [0, 0.05) is 31.0 Å². The summed E-state index contributed by atoms with van der Waals surface area (Å²) in [6.45, 7) is 1.10. The van der Waals surface area contributed by atoms with Crippen LogP contribution < -0.4 is 9.64 Å². The van der Waals surface area contributed by atoms with E-state index in [0.29, 0.717) is 13.2 Å². The van der Waals surface area contributed by atoms with Crippen LogP contribution in [0.2, 0.25) is 0 Å². The highest BCUT2D eigenvalue weighted by molar-refractivity contribution is 5.73. The number of H-pyrrole nitrogens is 1. The number of rotatable bonds is 10. The van der Waals surface area contributed by atoms with Gasteiger partial charge in [-0.25, -0.2) is 4.98 Å². The van der Waals surface area contributed by atoms with Gasteiger partial charge in [0.15, 0.2) is 0 Å². The topological polar surface area (TPSA) is 78.4 Å². The minimum Gasteiger partial charge on any atom is -0.494 e. The van der Waals surface area contributed by atoms with Crippen molar-refractivity contribution in [2.24, 2.45) is 0 Å². The average Bonchev–Trinajstić information content (AvgIpc) is 3.20. The number of hydrogen-bond acceptors (Lipinski definition) is 4. The van der Waals surface area contributed by atoms with Crippen molar-refractivity contribution >= 4 is 11.7 Å². The number of nitrogens with one attached hydrogen (secondary N) is 1. The molecule has 2 aromatic carbocycles. The summed E-state index contributed by atoms with van der Waals surface area (Å²) in [5.74, 6) is 0.923. The molecular weight excluding hydrogens is 342 g/mol. The van der Waals surface area contributed by atoms with Crippen molar-refractivity contribution in [2.75, 3.05) is 18.1 Å². The number of para-hydroxylation sites is 1. The van der Waals surface area contributed by atoms with Crippen molar-refractivity contribution in [1.82, 2.24) is 9.97 Å². The minimum atomic E-state index is -0.852. The largest absolute Gasteiger partial charge is 0.494 e. The monoisotopic (exact) mass is 365 g/mol. The van der Waals surface area contributed by atoms with E-state index >= 15 is 0 Å². The van der Waals surface area contributed by atoms with Crippen molar-refractivity contribution in [2.45, 2.75) is 19.4 Å². The second kappa shape index (κ2) is 9.43. The van der Waals surface area contributed by atoms with Crippen LogP contribution in [0.5, 0.6) is 5.75 Å². The van der Waals surface area contributed by atoms with Gasteiger partial charge in [0.25, 0.3) is 0 Å². The van der Waals surface area contributed by atoms with Crippen molar-refractivity contribution in [3.63, 3.8) is 0 Å². The number of nitrogens with zero attached hydrogens (tertiary/aromatic N) is 2. The van der Waals surface area contributed by atoms with E-state index in [9.17, 15) is 9.90 Å². The predicted octanol–water partition coefficient (Wildman–Crippen LogP) is 3.51. The molecule has 0 saturated carbocycles. The smallest absolute Gasteiger partial charge is 0.323 e. The summed E-state index contributed by atoms with van der Waals surface area (Å²) < 4.78 is 5.76. The van der Waals surface area contributed by atoms with E-state index < -0.39 is 5.97 Å². The molecule has 27 heavy (non-hydrogen) atoms. The van der Waals surface area contributed by atoms with Gasteiger partial charge < -0.3 is 19.7 Å². The fourth-order valence-corrected chi connectivity index (χ4v) is 2.82. The van der Waals surface area contributed by atoms with E-state index in [1.54, 1.807) is 6.20 Å². The number of benzene rings is 2. The SMILES string of the molecule is O=C(O)CN(Cc1ccc(OCCCc2ncc[nH]2)cc1)c1ccccc1. The number of anilines is 1. The molecule has 140 valence electrons. The zero-order valence-corrected chi connectivity index (χ0v) is 15.0. The number of aliphatic carboxylic acids is 1. The summed E-state index contributed by atoms with van der Waals surface area (Å²) in [6.07, 6.45) is 5.30. The third kappa shape index (κ3) is 5.88. The molecule has 0 aliphatic carbocycles. The van der Waals surface area contributed by atoms with E-state index in [2.05, 4.69) is 9.97 Å². The number of carbonyl (C=O) groups is 1. The molecule has 0 bridgehead atoms. The minimum absolute atomic E-state index is 0.0466. The molecule has 3 rings (SSSR count). The summed E-state index contributed by atoms with van der Waals surface area (Å²) in [5.41, 5.74) is 1.92. The van der Waals surface area contributed by atoms with Gasteiger partial charge in [0.05, 0.1) is 6.61 Å². The Balaban J connectivity index is 1.53. The van der Waals surface area contributed by atoms with Gasteiger partial charge in [0.2, 0.25) is 0 Å². The van der Waals surface area contributed by atoms with Gasteiger partial charge in [-0.05, 0) is 36.2 Å². The van der Waals surface area contributed by atoms with Crippen LogP contribution in [-0.2, 0) is 17.8 Å². The number of carboxylic acids is 1. The van der Waals surface area contributed by atoms with E-state index in [4.69, 9.17) is 4.74 Å². The van der Waals surface area contributed by atoms with E-state index in [-0.39, 0.29) is 6.54 Å². The van der Waals surface area contributed by atoms with E-state index in [0.717, 1.165) is 35.7 Å². The number of aromatic nitrogens is 2. The number of ether oxygens (including phenoxy) is 1. The Labute approximate surface area is 158 Å².